The summed E-state index contributed by atoms with van der Waals surface area (Å²) in [4.78, 5) is 27.0. The Bertz CT molecular complexity index is 773. The molecule has 0 bridgehead atoms. The summed E-state index contributed by atoms with van der Waals surface area (Å²) >= 11 is 1.36. The third-order valence-corrected chi connectivity index (χ3v) is 5.18. The minimum absolute atomic E-state index is 0.147. The molecular formula is C17H17FN2O3S. The summed E-state index contributed by atoms with van der Waals surface area (Å²) in [5.41, 5.74) is 7.08. The predicted octanol–water partition coefficient (Wildman–Crippen LogP) is 2.19. The summed E-state index contributed by atoms with van der Waals surface area (Å²) in [5.74, 6) is -1.01. The largest absolute Gasteiger partial charge is 0.367 e. The van der Waals surface area contributed by atoms with Crippen LogP contribution in [0.4, 0.5) is 4.39 Å². The van der Waals surface area contributed by atoms with Crippen molar-refractivity contribution in [2.24, 2.45) is 5.73 Å². The van der Waals surface area contributed by atoms with Crippen LogP contribution in [-0.4, -0.2) is 42.5 Å². The van der Waals surface area contributed by atoms with Gasteiger partial charge in [0.25, 0.3) is 5.91 Å². The highest BCUT2D eigenvalue weighted by Crippen LogP contribution is 2.33. The molecule has 1 aromatic carbocycles. The maximum Gasteiger partial charge on any atom is 0.264 e. The molecule has 2 heterocycles. The number of hydrogen-bond acceptors (Lipinski definition) is 4. The van der Waals surface area contributed by atoms with Crippen molar-refractivity contribution in [3.05, 3.63) is 46.6 Å². The quantitative estimate of drug-likeness (QED) is 0.924. The summed E-state index contributed by atoms with van der Waals surface area (Å²) in [7, 11) is 0. The van der Waals surface area contributed by atoms with Gasteiger partial charge in [-0.15, -0.1) is 11.3 Å². The van der Waals surface area contributed by atoms with Gasteiger partial charge in [-0.05, 0) is 36.2 Å². The van der Waals surface area contributed by atoms with Crippen molar-refractivity contribution in [1.82, 2.24) is 4.90 Å². The number of nitrogens with zero attached hydrogens (tertiary/aromatic N) is 1. The van der Waals surface area contributed by atoms with E-state index < -0.39 is 12.0 Å². The number of nitrogens with two attached hydrogens (primary N) is 1. The normalized spacial score (nSPS) is 17.8. The van der Waals surface area contributed by atoms with Gasteiger partial charge >= 0.3 is 0 Å². The number of amides is 2. The molecule has 2 aromatic rings. The molecule has 0 spiro atoms. The van der Waals surface area contributed by atoms with Gasteiger partial charge in [0.1, 0.15) is 5.82 Å². The first-order valence-corrected chi connectivity index (χ1v) is 8.34. The number of carbonyl (C=O) groups excluding carboxylic acids is 2. The van der Waals surface area contributed by atoms with Crippen molar-refractivity contribution >= 4 is 23.2 Å². The SMILES string of the molecule is Cc1cc(C(=O)N2CCO[C@@H](C(N)=O)C2)sc1-c1ccc(F)cc1. The Morgan fingerprint density at radius 1 is 1.33 bits per heavy atom. The zero-order valence-corrected chi connectivity index (χ0v) is 13.9. The van der Waals surface area contributed by atoms with Gasteiger partial charge in [-0.25, -0.2) is 4.39 Å². The van der Waals surface area contributed by atoms with E-state index in [4.69, 9.17) is 10.5 Å². The molecule has 0 radical (unpaired) electrons. The molecule has 2 N–H and O–H groups in total. The van der Waals surface area contributed by atoms with E-state index in [0.717, 1.165) is 16.0 Å². The molecule has 1 fully saturated rings. The van der Waals surface area contributed by atoms with Crippen molar-refractivity contribution in [3.63, 3.8) is 0 Å². The van der Waals surface area contributed by atoms with Crippen molar-refractivity contribution in [2.45, 2.75) is 13.0 Å². The number of thiophene rings is 1. The summed E-state index contributed by atoms with van der Waals surface area (Å²) in [6, 6.07) is 8.01. The maximum absolute atomic E-state index is 13.1. The van der Waals surface area contributed by atoms with Crippen LogP contribution in [0.15, 0.2) is 30.3 Å². The van der Waals surface area contributed by atoms with E-state index in [-0.39, 0.29) is 24.9 Å². The van der Waals surface area contributed by atoms with E-state index in [9.17, 15) is 14.0 Å². The average Bonchev–Trinajstić information content (AvgIpc) is 2.97. The number of halogens is 1. The van der Waals surface area contributed by atoms with E-state index in [1.807, 2.05) is 13.0 Å². The second-order valence-corrected chi connectivity index (χ2v) is 6.69. The van der Waals surface area contributed by atoms with Crippen LogP contribution in [0.1, 0.15) is 15.2 Å². The lowest BCUT2D eigenvalue weighted by Crippen LogP contribution is -2.50. The smallest absolute Gasteiger partial charge is 0.264 e. The molecule has 3 rings (SSSR count). The molecule has 0 saturated carbocycles. The van der Waals surface area contributed by atoms with Crippen molar-refractivity contribution in [3.8, 4) is 10.4 Å². The molecule has 1 aliphatic heterocycles. The highest BCUT2D eigenvalue weighted by molar-refractivity contribution is 7.17. The first-order valence-electron chi connectivity index (χ1n) is 7.52. The number of rotatable bonds is 3. The monoisotopic (exact) mass is 348 g/mol. The topological polar surface area (TPSA) is 72.6 Å². The van der Waals surface area contributed by atoms with Gasteiger partial charge in [0, 0.05) is 11.4 Å². The molecule has 126 valence electrons. The molecule has 1 saturated heterocycles. The molecule has 1 atom stereocenters. The Morgan fingerprint density at radius 3 is 2.71 bits per heavy atom. The minimum Gasteiger partial charge on any atom is -0.367 e. The number of primary amides is 1. The molecule has 5 nitrogen and oxygen atoms in total. The first-order chi connectivity index (χ1) is 11.5. The number of aryl methyl sites for hydroxylation is 1. The summed E-state index contributed by atoms with van der Waals surface area (Å²) in [6.45, 7) is 2.79. The number of benzene rings is 1. The summed E-state index contributed by atoms with van der Waals surface area (Å²) < 4.78 is 18.3. The first kappa shape index (κ1) is 16.6. The molecule has 7 heteroatoms. The third-order valence-electron chi connectivity index (χ3n) is 3.91. The van der Waals surface area contributed by atoms with E-state index in [1.54, 1.807) is 17.0 Å². The van der Waals surface area contributed by atoms with Crippen LogP contribution in [0.5, 0.6) is 0 Å². The zero-order valence-electron chi connectivity index (χ0n) is 13.1. The Morgan fingerprint density at radius 2 is 2.04 bits per heavy atom. The second-order valence-electron chi connectivity index (χ2n) is 5.64. The van der Waals surface area contributed by atoms with Crippen LogP contribution in [0.25, 0.3) is 10.4 Å². The number of morpholine rings is 1. The number of hydrogen-bond donors (Lipinski definition) is 1. The average molecular weight is 348 g/mol. The molecule has 24 heavy (non-hydrogen) atoms. The molecule has 1 aliphatic rings. The zero-order chi connectivity index (χ0) is 17.3. The lowest BCUT2D eigenvalue weighted by Gasteiger charge is -2.31. The maximum atomic E-state index is 13.1. The summed E-state index contributed by atoms with van der Waals surface area (Å²) in [6.07, 6.45) is -0.764. The van der Waals surface area contributed by atoms with E-state index in [2.05, 4.69) is 0 Å². The molecule has 1 aromatic heterocycles. The van der Waals surface area contributed by atoms with Crippen LogP contribution < -0.4 is 5.73 Å². The third kappa shape index (κ3) is 3.32. The molecule has 2 amide bonds. The van der Waals surface area contributed by atoms with Gasteiger partial charge < -0.3 is 15.4 Å². The minimum atomic E-state index is -0.764. The highest BCUT2D eigenvalue weighted by Gasteiger charge is 2.29. The fourth-order valence-electron chi connectivity index (χ4n) is 2.64. The fourth-order valence-corrected chi connectivity index (χ4v) is 3.78. The van der Waals surface area contributed by atoms with E-state index in [1.165, 1.54) is 23.5 Å². The van der Waals surface area contributed by atoms with Crippen LogP contribution in [0.2, 0.25) is 0 Å². The second kappa shape index (κ2) is 6.70. The van der Waals surface area contributed by atoms with Crippen LogP contribution in [0, 0.1) is 12.7 Å². The van der Waals surface area contributed by atoms with E-state index in [0.29, 0.717) is 11.4 Å². The van der Waals surface area contributed by atoms with Gasteiger partial charge in [0.2, 0.25) is 5.91 Å². The van der Waals surface area contributed by atoms with Crippen molar-refractivity contribution in [1.29, 1.82) is 0 Å². The Labute approximate surface area is 142 Å². The molecular weight excluding hydrogens is 331 g/mol. The van der Waals surface area contributed by atoms with Gasteiger partial charge in [-0.3, -0.25) is 9.59 Å². The summed E-state index contributed by atoms with van der Waals surface area (Å²) in [5, 5.41) is 0. The lowest BCUT2D eigenvalue weighted by atomic mass is 10.1. The molecule has 0 unspecified atom stereocenters. The van der Waals surface area contributed by atoms with Crippen LogP contribution in [-0.2, 0) is 9.53 Å². The van der Waals surface area contributed by atoms with Gasteiger partial charge in [-0.1, -0.05) is 12.1 Å². The van der Waals surface area contributed by atoms with Crippen molar-refractivity contribution in [2.75, 3.05) is 19.7 Å². The Kier molecular flexibility index (Phi) is 4.64. The number of ether oxygens (including phenoxy) is 1. The lowest BCUT2D eigenvalue weighted by molar-refractivity contribution is -0.133. The standard InChI is InChI=1S/C17H17FN2O3S/c1-10-8-14(24-15(10)11-2-4-12(18)5-3-11)17(22)20-6-7-23-13(9-20)16(19)21/h2-5,8,13H,6-7,9H2,1H3,(H2,19,21)/t13-/m1/s1. The number of carbonyl (C=O) groups is 2. The van der Waals surface area contributed by atoms with Gasteiger partial charge in [-0.2, -0.15) is 0 Å². The predicted molar refractivity (Wildman–Crippen MR) is 89.3 cm³/mol. The van der Waals surface area contributed by atoms with E-state index >= 15 is 0 Å². The van der Waals surface area contributed by atoms with Crippen molar-refractivity contribution < 1.29 is 18.7 Å². The fraction of sp³-hybridized carbons (Fsp3) is 0.294. The van der Waals surface area contributed by atoms with Crippen LogP contribution >= 0.6 is 11.3 Å². The molecule has 0 aliphatic carbocycles. The highest BCUT2D eigenvalue weighted by atomic mass is 32.1. The Hall–Kier alpha value is -2.25. The van der Waals surface area contributed by atoms with Crippen LogP contribution in [0.3, 0.4) is 0 Å². The van der Waals surface area contributed by atoms with Gasteiger partial charge in [0.15, 0.2) is 6.10 Å². The van der Waals surface area contributed by atoms with Gasteiger partial charge in [0.05, 0.1) is 18.0 Å². The Balaban J connectivity index is 1.82.